The van der Waals surface area contributed by atoms with E-state index in [2.05, 4.69) is 119 Å². The molecule has 0 radical (unpaired) electrons. The van der Waals surface area contributed by atoms with Gasteiger partial charge in [0, 0.05) is 0 Å². The highest BCUT2D eigenvalue weighted by atomic mass is 31.2. The van der Waals surface area contributed by atoms with E-state index in [0.717, 1.165) is 0 Å². The molecule has 0 saturated carbocycles. The summed E-state index contributed by atoms with van der Waals surface area (Å²) in [4.78, 5) is 0. The Kier molecular flexibility index (Phi) is 5.11. The number of rotatable bonds is 5. The van der Waals surface area contributed by atoms with Crippen LogP contribution in [-0.4, -0.2) is 5.16 Å². The molecule has 3 aromatic carbocycles. The minimum Gasteiger partial charge on any atom is -0.0620 e. The average Bonchev–Trinajstić information content (AvgIpc) is 2.65. The third-order valence-corrected chi connectivity index (χ3v) is 11.2. The minimum absolute atomic E-state index is 0.136. The topological polar surface area (TPSA) is 0 Å². The fourth-order valence-electron chi connectivity index (χ4n) is 3.79. The van der Waals surface area contributed by atoms with Crippen LogP contribution in [0, 0.1) is 5.92 Å². The van der Waals surface area contributed by atoms with Crippen molar-refractivity contribution in [2.24, 2.45) is 5.92 Å². The van der Waals surface area contributed by atoms with Crippen molar-refractivity contribution < 1.29 is 0 Å². The first kappa shape index (κ1) is 17.9. The van der Waals surface area contributed by atoms with Crippen molar-refractivity contribution in [1.82, 2.24) is 0 Å². The zero-order valence-electron chi connectivity index (χ0n) is 15.7. The van der Waals surface area contributed by atoms with Crippen LogP contribution in [0.4, 0.5) is 0 Å². The molecule has 3 rings (SSSR count). The van der Waals surface area contributed by atoms with Crippen LogP contribution in [-0.2, 0) is 0 Å². The highest BCUT2D eigenvalue weighted by Crippen LogP contribution is 2.67. The van der Waals surface area contributed by atoms with Gasteiger partial charge in [0.15, 0.2) is 0 Å². The van der Waals surface area contributed by atoms with Crippen LogP contribution in [0.1, 0.15) is 27.7 Å². The van der Waals surface area contributed by atoms with Gasteiger partial charge in [-0.1, -0.05) is 68.4 Å². The van der Waals surface area contributed by atoms with Crippen molar-refractivity contribution >= 4 is 23.2 Å². The van der Waals surface area contributed by atoms with Crippen molar-refractivity contribution in [1.29, 1.82) is 0 Å². The molecule has 0 aliphatic heterocycles. The summed E-state index contributed by atoms with van der Waals surface area (Å²) in [5, 5.41) is 4.53. The second-order valence-electron chi connectivity index (χ2n) is 7.49. The van der Waals surface area contributed by atoms with E-state index in [4.69, 9.17) is 0 Å². The number of benzene rings is 3. The van der Waals surface area contributed by atoms with Gasteiger partial charge in [0.1, 0.15) is 23.2 Å². The lowest BCUT2D eigenvalue weighted by molar-refractivity contribution is 0.494. The van der Waals surface area contributed by atoms with Crippen LogP contribution >= 0.6 is 7.26 Å². The van der Waals surface area contributed by atoms with E-state index < -0.39 is 7.26 Å². The highest BCUT2D eigenvalue weighted by Gasteiger charge is 2.58. The standard InChI is InChI=1S/C24H28P/c1-20(2)24(3,4)25(21-14-8-5-9-15-21,22-16-10-6-11-17-22)23-18-12-7-13-19-23/h5-20H,1-4H3/q+1. The van der Waals surface area contributed by atoms with Crippen molar-refractivity contribution in [3.63, 3.8) is 0 Å². The molecule has 0 fully saturated rings. The largest absolute Gasteiger partial charge is 0.117 e. The maximum absolute atomic E-state index is 2.46. The van der Waals surface area contributed by atoms with E-state index in [9.17, 15) is 0 Å². The van der Waals surface area contributed by atoms with Crippen molar-refractivity contribution in [3.05, 3.63) is 91.0 Å². The zero-order chi connectivity index (χ0) is 17.9. The van der Waals surface area contributed by atoms with E-state index >= 15 is 0 Å². The molecule has 25 heavy (non-hydrogen) atoms. The van der Waals surface area contributed by atoms with Gasteiger partial charge in [-0.15, -0.1) is 0 Å². The molecule has 3 aromatic rings. The molecule has 128 valence electrons. The molecule has 0 aliphatic carbocycles. The van der Waals surface area contributed by atoms with Crippen LogP contribution in [0.2, 0.25) is 0 Å². The van der Waals surface area contributed by atoms with Crippen LogP contribution in [0.15, 0.2) is 91.0 Å². The van der Waals surface area contributed by atoms with E-state index in [-0.39, 0.29) is 5.16 Å². The Hall–Kier alpha value is -1.91. The van der Waals surface area contributed by atoms with Crippen LogP contribution in [0.3, 0.4) is 0 Å². The molecule has 0 amide bonds. The summed E-state index contributed by atoms with van der Waals surface area (Å²) >= 11 is 0. The molecule has 0 bridgehead atoms. The summed E-state index contributed by atoms with van der Waals surface area (Å²) in [5.41, 5.74) is 0. The van der Waals surface area contributed by atoms with E-state index in [1.54, 1.807) is 0 Å². The summed E-state index contributed by atoms with van der Waals surface area (Å²) < 4.78 is 0. The molecular formula is C24H28P+. The normalized spacial score (nSPS) is 12.4. The summed E-state index contributed by atoms with van der Waals surface area (Å²) in [5.74, 6) is 0.557. The van der Waals surface area contributed by atoms with Gasteiger partial charge in [0.05, 0.1) is 5.16 Å². The van der Waals surface area contributed by atoms with Crippen LogP contribution in [0.25, 0.3) is 0 Å². The highest BCUT2D eigenvalue weighted by molar-refractivity contribution is 7.96. The van der Waals surface area contributed by atoms with Gasteiger partial charge in [-0.3, -0.25) is 0 Å². The molecule has 0 nitrogen and oxygen atoms in total. The molecule has 0 atom stereocenters. The lowest BCUT2D eigenvalue weighted by Crippen LogP contribution is -2.47. The summed E-state index contributed by atoms with van der Waals surface area (Å²) in [7, 11) is -1.81. The Morgan fingerprint density at radius 1 is 0.560 bits per heavy atom. The maximum Gasteiger partial charge on any atom is 0.117 e. The Balaban J connectivity index is 2.45. The summed E-state index contributed by atoms with van der Waals surface area (Å²) in [6, 6.07) is 33.5. The van der Waals surface area contributed by atoms with Gasteiger partial charge in [0.25, 0.3) is 0 Å². The molecule has 0 N–H and O–H groups in total. The fraction of sp³-hybridized carbons (Fsp3) is 0.250. The first-order valence-corrected chi connectivity index (χ1v) is 10.9. The van der Waals surface area contributed by atoms with Gasteiger partial charge in [0.2, 0.25) is 0 Å². The second-order valence-corrected chi connectivity index (χ2v) is 11.5. The van der Waals surface area contributed by atoms with Gasteiger partial charge in [-0.05, 0) is 56.2 Å². The molecule has 0 spiro atoms. The number of hydrogen-bond acceptors (Lipinski definition) is 0. The average molecular weight is 347 g/mol. The second kappa shape index (κ2) is 7.14. The predicted octanol–water partition coefficient (Wildman–Crippen LogP) is 5.42. The molecule has 0 saturated heterocycles. The Morgan fingerprint density at radius 2 is 0.840 bits per heavy atom. The first-order valence-electron chi connectivity index (χ1n) is 9.07. The molecular weight excluding hydrogens is 319 g/mol. The zero-order valence-corrected chi connectivity index (χ0v) is 16.6. The molecule has 1 heteroatoms. The Bertz CT molecular complexity index is 693. The lowest BCUT2D eigenvalue weighted by Gasteiger charge is -2.43. The molecule has 0 heterocycles. The van der Waals surface area contributed by atoms with Gasteiger partial charge >= 0.3 is 0 Å². The quantitative estimate of drug-likeness (QED) is 0.541. The molecule has 0 aromatic heterocycles. The minimum atomic E-state index is -1.81. The predicted molar refractivity (Wildman–Crippen MR) is 114 cm³/mol. The third kappa shape index (κ3) is 2.94. The van der Waals surface area contributed by atoms with Gasteiger partial charge < -0.3 is 0 Å². The Morgan fingerprint density at radius 3 is 1.08 bits per heavy atom. The van der Waals surface area contributed by atoms with Crippen molar-refractivity contribution in [2.45, 2.75) is 32.9 Å². The van der Waals surface area contributed by atoms with Crippen LogP contribution < -0.4 is 15.9 Å². The monoisotopic (exact) mass is 347 g/mol. The van der Waals surface area contributed by atoms with Crippen molar-refractivity contribution in [3.8, 4) is 0 Å². The SMILES string of the molecule is CC(C)C(C)(C)[P+](c1ccccc1)(c1ccccc1)c1ccccc1. The van der Waals surface area contributed by atoms with Crippen molar-refractivity contribution in [2.75, 3.05) is 0 Å². The summed E-state index contributed by atoms with van der Waals surface area (Å²) in [6.07, 6.45) is 0. The third-order valence-electron chi connectivity index (χ3n) is 5.71. The van der Waals surface area contributed by atoms with E-state index in [1.165, 1.54) is 15.9 Å². The van der Waals surface area contributed by atoms with Crippen LogP contribution in [0.5, 0.6) is 0 Å². The van der Waals surface area contributed by atoms with Gasteiger partial charge in [-0.25, -0.2) is 0 Å². The maximum atomic E-state index is 2.46. The fourth-order valence-corrected chi connectivity index (χ4v) is 9.31. The summed E-state index contributed by atoms with van der Waals surface area (Å²) in [6.45, 7) is 9.64. The van der Waals surface area contributed by atoms with E-state index in [0.29, 0.717) is 5.92 Å². The molecule has 0 unspecified atom stereocenters. The molecule has 0 aliphatic rings. The lowest BCUT2D eigenvalue weighted by atomic mass is 9.99. The number of hydrogen-bond donors (Lipinski definition) is 0. The first-order chi connectivity index (χ1) is 12.0. The Labute approximate surface area is 153 Å². The van der Waals surface area contributed by atoms with Gasteiger partial charge in [-0.2, -0.15) is 0 Å². The smallest absolute Gasteiger partial charge is 0.0620 e. The van der Waals surface area contributed by atoms with E-state index in [1.807, 2.05) is 0 Å².